The van der Waals surface area contributed by atoms with E-state index >= 15 is 0 Å². The van der Waals surface area contributed by atoms with Crippen LogP contribution in [0.15, 0.2) is 59.5 Å². The molecule has 1 amide bonds. The van der Waals surface area contributed by atoms with Gasteiger partial charge in [0.1, 0.15) is 0 Å². The van der Waals surface area contributed by atoms with E-state index in [1.807, 2.05) is 42.5 Å². The molecule has 0 spiro atoms. The molecule has 5 heteroatoms. The number of anilines is 1. The second kappa shape index (κ2) is 6.77. The van der Waals surface area contributed by atoms with Crippen LogP contribution in [0.4, 0.5) is 5.69 Å². The standard InChI is InChI=1S/C17H16N2O2S/c20-15(12-6-2-1-3-7-12)10-18-14-11-22-16-9-5-4-8-13(16)19-17(14)21/h1-9,14,18H,10-11H2,(H,19,21)/t14-/m0/s1. The number of hydrogen-bond donors (Lipinski definition) is 2. The highest BCUT2D eigenvalue weighted by Crippen LogP contribution is 2.30. The molecule has 0 radical (unpaired) electrons. The van der Waals surface area contributed by atoms with Crippen LogP contribution in [0.5, 0.6) is 0 Å². The van der Waals surface area contributed by atoms with Crippen LogP contribution < -0.4 is 10.6 Å². The predicted molar refractivity (Wildman–Crippen MR) is 88.4 cm³/mol. The van der Waals surface area contributed by atoms with E-state index in [4.69, 9.17) is 0 Å². The van der Waals surface area contributed by atoms with E-state index in [0.29, 0.717) is 11.3 Å². The number of thioether (sulfide) groups is 1. The molecule has 1 aliphatic rings. The molecule has 0 fully saturated rings. The summed E-state index contributed by atoms with van der Waals surface area (Å²) < 4.78 is 0. The monoisotopic (exact) mass is 312 g/mol. The molecule has 2 aromatic rings. The van der Waals surface area contributed by atoms with Crippen LogP contribution >= 0.6 is 11.8 Å². The number of para-hydroxylation sites is 1. The third-order valence-electron chi connectivity index (χ3n) is 3.47. The van der Waals surface area contributed by atoms with Crippen molar-refractivity contribution in [3.05, 3.63) is 60.2 Å². The van der Waals surface area contributed by atoms with E-state index in [9.17, 15) is 9.59 Å². The van der Waals surface area contributed by atoms with Crippen LogP contribution in [-0.2, 0) is 4.79 Å². The van der Waals surface area contributed by atoms with Crippen LogP contribution in [0.1, 0.15) is 10.4 Å². The topological polar surface area (TPSA) is 58.2 Å². The van der Waals surface area contributed by atoms with E-state index in [1.165, 1.54) is 0 Å². The lowest BCUT2D eigenvalue weighted by Crippen LogP contribution is -2.43. The number of hydrogen-bond acceptors (Lipinski definition) is 4. The molecule has 3 rings (SSSR count). The largest absolute Gasteiger partial charge is 0.324 e. The fourth-order valence-electron chi connectivity index (χ4n) is 2.26. The Morgan fingerprint density at radius 3 is 2.68 bits per heavy atom. The summed E-state index contributed by atoms with van der Waals surface area (Å²) in [6, 6.07) is 16.4. The molecule has 2 aromatic carbocycles. The lowest BCUT2D eigenvalue weighted by atomic mass is 10.1. The summed E-state index contributed by atoms with van der Waals surface area (Å²) in [5.41, 5.74) is 1.48. The highest BCUT2D eigenvalue weighted by molar-refractivity contribution is 7.99. The summed E-state index contributed by atoms with van der Waals surface area (Å²) in [6.07, 6.45) is 0. The van der Waals surface area contributed by atoms with Crippen molar-refractivity contribution in [3.8, 4) is 0 Å². The van der Waals surface area contributed by atoms with E-state index in [2.05, 4.69) is 10.6 Å². The first kappa shape index (κ1) is 14.8. The van der Waals surface area contributed by atoms with Gasteiger partial charge in [0, 0.05) is 16.2 Å². The Bertz CT molecular complexity index is 688. The Kier molecular flexibility index (Phi) is 4.56. The zero-order valence-corrected chi connectivity index (χ0v) is 12.7. The van der Waals surface area contributed by atoms with Crippen LogP contribution in [0.2, 0.25) is 0 Å². The highest BCUT2D eigenvalue weighted by atomic mass is 32.2. The van der Waals surface area contributed by atoms with Gasteiger partial charge in [-0.05, 0) is 12.1 Å². The molecule has 1 heterocycles. The number of amides is 1. The Morgan fingerprint density at radius 1 is 1.14 bits per heavy atom. The van der Waals surface area contributed by atoms with Gasteiger partial charge in [0.15, 0.2) is 5.78 Å². The van der Waals surface area contributed by atoms with E-state index in [-0.39, 0.29) is 24.3 Å². The molecule has 0 saturated heterocycles. The number of nitrogens with one attached hydrogen (secondary N) is 2. The zero-order chi connectivity index (χ0) is 15.4. The third kappa shape index (κ3) is 3.37. The molecule has 0 unspecified atom stereocenters. The van der Waals surface area contributed by atoms with Crippen molar-refractivity contribution < 1.29 is 9.59 Å². The van der Waals surface area contributed by atoms with Crippen molar-refractivity contribution in [2.75, 3.05) is 17.6 Å². The van der Waals surface area contributed by atoms with Crippen molar-refractivity contribution in [3.63, 3.8) is 0 Å². The van der Waals surface area contributed by atoms with E-state index in [0.717, 1.165) is 10.6 Å². The third-order valence-corrected chi connectivity index (χ3v) is 4.64. The average molecular weight is 312 g/mol. The van der Waals surface area contributed by atoms with Crippen molar-refractivity contribution in [2.45, 2.75) is 10.9 Å². The van der Waals surface area contributed by atoms with Gasteiger partial charge in [-0.1, -0.05) is 42.5 Å². The number of rotatable bonds is 4. The van der Waals surface area contributed by atoms with Crippen molar-refractivity contribution in [1.82, 2.24) is 5.32 Å². The maximum atomic E-state index is 12.2. The van der Waals surface area contributed by atoms with Gasteiger partial charge in [-0.15, -0.1) is 11.8 Å². The van der Waals surface area contributed by atoms with Crippen molar-refractivity contribution >= 4 is 29.1 Å². The molecule has 0 aromatic heterocycles. The second-order valence-corrected chi connectivity index (χ2v) is 6.08. The number of ketones is 1. The first-order valence-electron chi connectivity index (χ1n) is 7.08. The van der Waals surface area contributed by atoms with Gasteiger partial charge >= 0.3 is 0 Å². The van der Waals surface area contributed by atoms with Crippen LogP contribution in [0.25, 0.3) is 0 Å². The van der Waals surface area contributed by atoms with Crippen molar-refractivity contribution in [2.24, 2.45) is 0 Å². The number of carbonyl (C=O) groups is 2. The number of carbonyl (C=O) groups excluding carboxylic acids is 2. The minimum Gasteiger partial charge on any atom is -0.324 e. The molecule has 0 bridgehead atoms. The second-order valence-electron chi connectivity index (χ2n) is 5.02. The minimum atomic E-state index is -0.384. The molecule has 112 valence electrons. The quantitative estimate of drug-likeness (QED) is 0.852. The van der Waals surface area contributed by atoms with Gasteiger partial charge in [-0.3, -0.25) is 14.9 Å². The molecule has 2 N–H and O–H groups in total. The average Bonchev–Trinajstić information content (AvgIpc) is 2.72. The summed E-state index contributed by atoms with van der Waals surface area (Å²) in [5, 5.41) is 5.96. The van der Waals surface area contributed by atoms with Gasteiger partial charge < -0.3 is 5.32 Å². The smallest absolute Gasteiger partial charge is 0.242 e. The summed E-state index contributed by atoms with van der Waals surface area (Å²) in [6.45, 7) is 0.152. The zero-order valence-electron chi connectivity index (χ0n) is 11.9. The molecule has 1 aliphatic heterocycles. The highest BCUT2D eigenvalue weighted by Gasteiger charge is 2.24. The number of fused-ring (bicyclic) bond motifs is 1. The Labute approximate surface area is 133 Å². The van der Waals surface area contributed by atoms with Gasteiger partial charge in [0.05, 0.1) is 18.3 Å². The summed E-state index contributed by atoms with van der Waals surface area (Å²) in [4.78, 5) is 25.4. The Morgan fingerprint density at radius 2 is 1.86 bits per heavy atom. The molecular formula is C17H16N2O2S. The predicted octanol–water partition coefficient (Wildman–Crippen LogP) is 2.57. The minimum absolute atomic E-state index is 0.0137. The molecular weight excluding hydrogens is 296 g/mol. The maximum absolute atomic E-state index is 12.2. The number of Topliss-reactive ketones (excluding diaryl/α,β-unsaturated/α-hetero) is 1. The molecule has 1 atom stereocenters. The van der Waals surface area contributed by atoms with E-state index in [1.54, 1.807) is 23.9 Å². The summed E-state index contributed by atoms with van der Waals surface area (Å²) in [5.74, 6) is 0.490. The van der Waals surface area contributed by atoms with Crippen LogP contribution in [-0.4, -0.2) is 30.0 Å². The number of benzene rings is 2. The summed E-state index contributed by atoms with van der Waals surface area (Å²) >= 11 is 1.61. The van der Waals surface area contributed by atoms with Crippen molar-refractivity contribution in [1.29, 1.82) is 0 Å². The normalized spacial score (nSPS) is 17.3. The van der Waals surface area contributed by atoms with E-state index < -0.39 is 0 Å². The first-order valence-corrected chi connectivity index (χ1v) is 8.07. The summed E-state index contributed by atoms with van der Waals surface area (Å²) in [7, 11) is 0. The first-order chi connectivity index (χ1) is 10.7. The SMILES string of the molecule is O=C(CN[C@H]1CSc2ccccc2NC1=O)c1ccccc1. The van der Waals surface area contributed by atoms with Gasteiger partial charge in [-0.25, -0.2) is 0 Å². The maximum Gasteiger partial charge on any atom is 0.242 e. The fourth-order valence-corrected chi connectivity index (χ4v) is 3.32. The Hall–Kier alpha value is -2.11. The molecule has 22 heavy (non-hydrogen) atoms. The Balaban J connectivity index is 1.62. The molecule has 0 aliphatic carbocycles. The molecule has 0 saturated carbocycles. The lowest BCUT2D eigenvalue weighted by molar-refractivity contribution is -0.117. The lowest BCUT2D eigenvalue weighted by Gasteiger charge is -2.14. The van der Waals surface area contributed by atoms with Crippen LogP contribution in [0.3, 0.4) is 0 Å². The molecule has 4 nitrogen and oxygen atoms in total. The fraction of sp³-hybridized carbons (Fsp3) is 0.176. The van der Waals surface area contributed by atoms with Gasteiger partial charge in [-0.2, -0.15) is 0 Å². The van der Waals surface area contributed by atoms with Crippen LogP contribution in [0, 0.1) is 0 Å². The van der Waals surface area contributed by atoms with Gasteiger partial charge in [0.25, 0.3) is 0 Å². The van der Waals surface area contributed by atoms with Gasteiger partial charge in [0.2, 0.25) is 5.91 Å².